The molecule has 8 atom stereocenters. The lowest BCUT2D eigenvalue weighted by Crippen LogP contribution is -2.61. The third-order valence-electron chi connectivity index (χ3n) is 12.5. The molecule has 3 N–H and O–H groups in total. The molecule has 0 radical (unpaired) electrons. The van der Waals surface area contributed by atoms with Crippen molar-refractivity contribution >= 4 is 47.3 Å². The van der Waals surface area contributed by atoms with Gasteiger partial charge in [0.2, 0.25) is 47.3 Å². The van der Waals surface area contributed by atoms with Crippen LogP contribution in [0.4, 0.5) is 0 Å². The summed E-state index contributed by atoms with van der Waals surface area (Å²) in [6.45, 7) is 14.3. The molecular formula is C45H82N8O8. The van der Waals surface area contributed by atoms with Gasteiger partial charge in [-0.05, 0) is 53.4 Å². The Bertz CT molecular complexity index is 1460. The van der Waals surface area contributed by atoms with Gasteiger partial charge in [0.25, 0.3) is 0 Å². The first kappa shape index (κ1) is 54.8. The normalized spacial score (nSPS) is 26.7. The summed E-state index contributed by atoms with van der Waals surface area (Å²) in [6.07, 6.45) is 10.4. The van der Waals surface area contributed by atoms with Crippen LogP contribution in [0.25, 0.3) is 0 Å². The summed E-state index contributed by atoms with van der Waals surface area (Å²) in [7, 11) is 7.46. The number of unbranched alkanes of at least 4 members (excludes halogenated alkanes) is 8. The fraction of sp³-hybridized carbons (Fsp3) is 0.822. The van der Waals surface area contributed by atoms with E-state index in [0.29, 0.717) is 51.4 Å². The molecule has 0 aromatic carbocycles. The molecule has 16 heteroatoms. The van der Waals surface area contributed by atoms with Crippen LogP contribution in [0.1, 0.15) is 158 Å². The predicted octanol–water partition coefficient (Wildman–Crippen LogP) is 3.99. The summed E-state index contributed by atoms with van der Waals surface area (Å²) in [4.78, 5) is 119. The molecule has 0 aromatic heterocycles. The Balaban J connectivity index is 3.88. The lowest BCUT2D eigenvalue weighted by molar-refractivity contribution is -0.152. The second kappa shape index (κ2) is 27.7. The van der Waals surface area contributed by atoms with Crippen LogP contribution < -0.4 is 16.0 Å². The van der Waals surface area contributed by atoms with Gasteiger partial charge in [-0.15, -0.1) is 0 Å². The number of nitrogens with zero attached hydrogens (tertiary/aromatic N) is 5. The number of amides is 8. The van der Waals surface area contributed by atoms with Crippen LogP contribution >= 0.6 is 0 Å². The van der Waals surface area contributed by atoms with Gasteiger partial charge in [-0.1, -0.05) is 105 Å². The maximum atomic E-state index is 14.3. The molecule has 0 spiro atoms. The number of likely N-dealkylation sites (N-methyl/N-ethyl adjacent to an activating group) is 5. The highest BCUT2D eigenvalue weighted by Gasteiger charge is 2.39. The predicted molar refractivity (Wildman–Crippen MR) is 238 cm³/mol. The van der Waals surface area contributed by atoms with E-state index in [1.165, 1.54) is 59.7 Å². The first-order chi connectivity index (χ1) is 28.7. The average molecular weight is 863 g/mol. The van der Waals surface area contributed by atoms with E-state index < -0.39 is 95.6 Å². The van der Waals surface area contributed by atoms with Crippen LogP contribution in [0.2, 0.25) is 0 Å². The molecule has 1 rings (SSSR count). The zero-order valence-electron chi connectivity index (χ0n) is 39.9. The number of carbonyl (C=O) groups excluding carboxylic acids is 8. The van der Waals surface area contributed by atoms with Gasteiger partial charge < -0.3 is 40.4 Å². The molecule has 0 aromatic rings. The van der Waals surface area contributed by atoms with Crippen molar-refractivity contribution in [2.24, 2.45) is 0 Å². The summed E-state index contributed by atoms with van der Waals surface area (Å²) in [6, 6.07) is -8.11. The SMILES string of the molecule is CCCCC[C@@H]1NC(=O)[C@@H](C)N(C)C(=O)[C@H](CCCCC)NC(=O)[C@@H](C)N(C)C(=O)[C@H](CCCCC)N(C)C(=O)[C@@H](C)N(C)C(=O)[C@H](CCCCC)NC(=O)[C@@H](C)N(C)C1=O. The van der Waals surface area contributed by atoms with Crippen LogP contribution in [-0.4, -0.2) is 155 Å². The molecule has 1 saturated heterocycles. The van der Waals surface area contributed by atoms with Crippen LogP contribution in [0, 0.1) is 0 Å². The molecule has 0 bridgehead atoms. The number of hydrogen-bond acceptors (Lipinski definition) is 8. The zero-order chi connectivity index (χ0) is 46.6. The van der Waals surface area contributed by atoms with Crippen LogP contribution in [0.15, 0.2) is 0 Å². The molecule has 350 valence electrons. The largest absolute Gasteiger partial charge is 0.343 e. The fourth-order valence-corrected chi connectivity index (χ4v) is 7.39. The molecule has 61 heavy (non-hydrogen) atoms. The minimum Gasteiger partial charge on any atom is -0.343 e. The lowest BCUT2D eigenvalue weighted by atomic mass is 10.0. The molecule has 16 nitrogen and oxygen atoms in total. The highest BCUT2D eigenvalue weighted by Crippen LogP contribution is 2.19. The van der Waals surface area contributed by atoms with Gasteiger partial charge in [0.05, 0.1) is 0 Å². The lowest BCUT2D eigenvalue weighted by Gasteiger charge is -2.37. The number of hydrogen-bond donors (Lipinski definition) is 3. The summed E-state index contributed by atoms with van der Waals surface area (Å²) in [5, 5.41) is 8.55. The molecule has 8 amide bonds. The van der Waals surface area contributed by atoms with E-state index in [2.05, 4.69) is 16.0 Å². The Labute approximate surface area is 367 Å². The van der Waals surface area contributed by atoms with Gasteiger partial charge in [0, 0.05) is 35.2 Å². The third-order valence-corrected chi connectivity index (χ3v) is 12.5. The van der Waals surface area contributed by atoms with E-state index in [4.69, 9.17) is 0 Å². The molecule has 1 aliphatic rings. The Kier molecular flexibility index (Phi) is 24.8. The van der Waals surface area contributed by atoms with Crippen molar-refractivity contribution in [3.05, 3.63) is 0 Å². The first-order valence-corrected chi connectivity index (χ1v) is 23.0. The second-order valence-corrected chi connectivity index (χ2v) is 17.1. The average Bonchev–Trinajstić information content (AvgIpc) is 3.25. The second-order valence-electron chi connectivity index (χ2n) is 17.1. The van der Waals surface area contributed by atoms with E-state index >= 15 is 0 Å². The van der Waals surface area contributed by atoms with E-state index in [1.807, 2.05) is 27.7 Å². The molecule has 1 fully saturated rings. The van der Waals surface area contributed by atoms with E-state index in [0.717, 1.165) is 51.4 Å². The van der Waals surface area contributed by atoms with Crippen molar-refractivity contribution in [3.63, 3.8) is 0 Å². The standard InChI is InChI=1S/C45H82N8O8/c1-14-18-22-26-34-42(58)50(10)31(6)39(55)48-36(28-24-20-16-3)44(60)52(12)33(8)41(57)53(13)37(29-25-21-17-4)45(61)51(11)32(7)40(56)47-35(27-23-19-15-2)43(59)49(9)30(5)38(54)46-34/h30-37H,14-29H2,1-13H3,(H,46,54)(H,47,56)(H,48,55)/t30-,31-,32-,33-,34+,35+,36+,37+/m1/s1. The van der Waals surface area contributed by atoms with Crippen molar-refractivity contribution < 1.29 is 38.4 Å². The van der Waals surface area contributed by atoms with Gasteiger partial charge in [-0.3, -0.25) is 38.4 Å². The Morgan fingerprint density at radius 1 is 0.344 bits per heavy atom. The van der Waals surface area contributed by atoms with Gasteiger partial charge in [-0.25, -0.2) is 0 Å². The maximum absolute atomic E-state index is 14.3. The minimum absolute atomic E-state index is 0.296. The smallest absolute Gasteiger partial charge is 0.245 e. The Morgan fingerprint density at radius 3 is 0.902 bits per heavy atom. The van der Waals surface area contributed by atoms with Crippen molar-refractivity contribution in [1.29, 1.82) is 0 Å². The van der Waals surface area contributed by atoms with Gasteiger partial charge in [0.1, 0.15) is 48.3 Å². The number of nitrogens with one attached hydrogen (secondary N) is 3. The first-order valence-electron chi connectivity index (χ1n) is 23.0. The van der Waals surface area contributed by atoms with E-state index in [-0.39, 0.29) is 0 Å². The maximum Gasteiger partial charge on any atom is 0.245 e. The van der Waals surface area contributed by atoms with Crippen molar-refractivity contribution in [1.82, 2.24) is 40.4 Å². The van der Waals surface area contributed by atoms with E-state index in [1.54, 1.807) is 27.7 Å². The molecular weight excluding hydrogens is 781 g/mol. The zero-order valence-corrected chi connectivity index (χ0v) is 39.9. The molecule has 0 aliphatic carbocycles. The number of rotatable bonds is 16. The fourth-order valence-electron chi connectivity index (χ4n) is 7.39. The molecule has 0 unspecified atom stereocenters. The topological polar surface area (TPSA) is 189 Å². The highest BCUT2D eigenvalue weighted by molar-refractivity contribution is 5.98. The molecule has 1 heterocycles. The van der Waals surface area contributed by atoms with Crippen LogP contribution in [-0.2, 0) is 38.4 Å². The van der Waals surface area contributed by atoms with E-state index in [9.17, 15) is 38.4 Å². The van der Waals surface area contributed by atoms with Crippen molar-refractivity contribution in [2.45, 2.75) is 206 Å². The Morgan fingerprint density at radius 2 is 0.607 bits per heavy atom. The third kappa shape index (κ3) is 16.2. The molecule has 0 saturated carbocycles. The summed E-state index contributed by atoms with van der Waals surface area (Å²) >= 11 is 0. The van der Waals surface area contributed by atoms with Crippen molar-refractivity contribution in [2.75, 3.05) is 35.2 Å². The number of carbonyl (C=O) groups is 8. The minimum atomic E-state index is -1.04. The molecule has 1 aliphatic heterocycles. The quantitative estimate of drug-likeness (QED) is 0.194. The monoisotopic (exact) mass is 863 g/mol. The Hall–Kier alpha value is -4.24. The van der Waals surface area contributed by atoms with Gasteiger partial charge >= 0.3 is 0 Å². The summed E-state index contributed by atoms with van der Waals surface area (Å²) < 4.78 is 0. The summed E-state index contributed by atoms with van der Waals surface area (Å²) in [5.74, 6) is -4.15. The van der Waals surface area contributed by atoms with Crippen LogP contribution in [0.3, 0.4) is 0 Å². The van der Waals surface area contributed by atoms with Crippen LogP contribution in [0.5, 0.6) is 0 Å². The van der Waals surface area contributed by atoms with Gasteiger partial charge in [-0.2, -0.15) is 0 Å². The highest BCUT2D eigenvalue weighted by atomic mass is 16.2. The van der Waals surface area contributed by atoms with Crippen molar-refractivity contribution in [3.8, 4) is 0 Å². The summed E-state index contributed by atoms with van der Waals surface area (Å²) in [5.41, 5.74) is 0. The van der Waals surface area contributed by atoms with Gasteiger partial charge in [0.15, 0.2) is 0 Å².